The van der Waals surface area contributed by atoms with Gasteiger partial charge in [-0.25, -0.2) is 0 Å². The fraction of sp³-hybridized carbons (Fsp3) is 0.176. The van der Waals surface area contributed by atoms with Crippen molar-refractivity contribution in [3.8, 4) is 0 Å². The third kappa shape index (κ3) is 3.51. The van der Waals surface area contributed by atoms with Crippen LogP contribution < -0.4 is 16.8 Å². The van der Waals surface area contributed by atoms with E-state index in [1.165, 1.54) is 0 Å². The highest BCUT2D eigenvalue weighted by molar-refractivity contribution is 5.97. The molecule has 0 spiro atoms. The van der Waals surface area contributed by atoms with Crippen LogP contribution in [0.25, 0.3) is 0 Å². The molecule has 0 aliphatic rings. The van der Waals surface area contributed by atoms with Crippen molar-refractivity contribution in [2.24, 2.45) is 11.5 Å². The molecule has 0 radical (unpaired) electrons. The summed E-state index contributed by atoms with van der Waals surface area (Å²) in [6.07, 6.45) is 0. The summed E-state index contributed by atoms with van der Waals surface area (Å²) >= 11 is 0. The van der Waals surface area contributed by atoms with Crippen molar-refractivity contribution >= 4 is 11.8 Å². The van der Waals surface area contributed by atoms with Crippen LogP contribution in [0, 0.1) is 6.92 Å². The molecule has 2 rings (SSSR count). The van der Waals surface area contributed by atoms with Gasteiger partial charge in [0, 0.05) is 12.1 Å². The molecule has 114 valence electrons. The van der Waals surface area contributed by atoms with Crippen LogP contribution in [0.5, 0.6) is 0 Å². The number of hydrogen-bond acceptors (Lipinski definition) is 3. The van der Waals surface area contributed by atoms with Crippen LogP contribution in [0.4, 0.5) is 0 Å². The number of aryl methyl sites for hydroxylation is 1. The molecule has 2 aromatic rings. The first-order chi connectivity index (χ1) is 10.5. The lowest BCUT2D eigenvalue weighted by molar-refractivity contribution is -0.120. The Labute approximate surface area is 129 Å². The summed E-state index contributed by atoms with van der Waals surface area (Å²) in [6.45, 7) is 2.28. The Balaban J connectivity index is 2.22. The SMILES string of the molecule is Cc1ccccc1C(NC(=O)c1ccc(CN)cc1)C(N)=O. The monoisotopic (exact) mass is 297 g/mol. The van der Waals surface area contributed by atoms with Crippen LogP contribution >= 0.6 is 0 Å². The van der Waals surface area contributed by atoms with Crippen molar-refractivity contribution in [1.29, 1.82) is 0 Å². The highest BCUT2D eigenvalue weighted by Gasteiger charge is 2.22. The van der Waals surface area contributed by atoms with Gasteiger partial charge in [-0.1, -0.05) is 36.4 Å². The van der Waals surface area contributed by atoms with Crippen molar-refractivity contribution in [3.05, 3.63) is 70.8 Å². The lowest BCUT2D eigenvalue weighted by Crippen LogP contribution is -2.37. The topological polar surface area (TPSA) is 98.2 Å². The second-order valence-electron chi connectivity index (χ2n) is 5.07. The predicted molar refractivity (Wildman–Crippen MR) is 84.9 cm³/mol. The first-order valence-electron chi connectivity index (χ1n) is 6.97. The van der Waals surface area contributed by atoms with Crippen molar-refractivity contribution in [2.75, 3.05) is 0 Å². The van der Waals surface area contributed by atoms with Gasteiger partial charge in [0.1, 0.15) is 6.04 Å². The number of nitrogens with two attached hydrogens (primary N) is 2. The van der Waals surface area contributed by atoms with E-state index in [0.717, 1.165) is 11.1 Å². The van der Waals surface area contributed by atoms with Gasteiger partial charge in [-0.15, -0.1) is 0 Å². The van der Waals surface area contributed by atoms with E-state index in [9.17, 15) is 9.59 Å². The summed E-state index contributed by atoms with van der Waals surface area (Å²) in [4.78, 5) is 24.0. The number of primary amides is 1. The fourth-order valence-electron chi connectivity index (χ4n) is 2.22. The molecule has 2 aromatic carbocycles. The molecule has 0 bridgehead atoms. The Hall–Kier alpha value is -2.66. The highest BCUT2D eigenvalue weighted by atomic mass is 16.2. The molecule has 5 heteroatoms. The van der Waals surface area contributed by atoms with E-state index in [2.05, 4.69) is 5.32 Å². The van der Waals surface area contributed by atoms with E-state index >= 15 is 0 Å². The van der Waals surface area contributed by atoms with Crippen molar-refractivity contribution in [3.63, 3.8) is 0 Å². The fourth-order valence-corrected chi connectivity index (χ4v) is 2.22. The van der Waals surface area contributed by atoms with Gasteiger partial charge in [0.15, 0.2) is 0 Å². The standard InChI is InChI=1S/C17H19N3O2/c1-11-4-2-3-5-14(11)15(16(19)21)20-17(22)13-8-6-12(10-18)7-9-13/h2-9,15H,10,18H2,1H3,(H2,19,21)(H,20,22). The minimum absolute atomic E-state index is 0.351. The van der Waals surface area contributed by atoms with Gasteiger partial charge >= 0.3 is 0 Å². The molecule has 22 heavy (non-hydrogen) atoms. The molecule has 1 unspecified atom stereocenters. The van der Waals surface area contributed by atoms with Crippen molar-refractivity contribution < 1.29 is 9.59 Å². The predicted octanol–water partition coefficient (Wildman–Crippen LogP) is 1.41. The molecule has 0 heterocycles. The Bertz CT molecular complexity index is 681. The van der Waals surface area contributed by atoms with E-state index in [1.54, 1.807) is 36.4 Å². The number of nitrogens with one attached hydrogen (secondary N) is 1. The summed E-state index contributed by atoms with van der Waals surface area (Å²) in [5.74, 6) is -0.947. The number of rotatable bonds is 5. The van der Waals surface area contributed by atoms with Crippen LogP contribution in [0.3, 0.4) is 0 Å². The Morgan fingerprint density at radius 2 is 1.73 bits per heavy atom. The molecule has 0 saturated heterocycles. The molecular formula is C17H19N3O2. The lowest BCUT2D eigenvalue weighted by Gasteiger charge is -2.18. The van der Waals surface area contributed by atoms with E-state index in [1.807, 2.05) is 19.1 Å². The van der Waals surface area contributed by atoms with Crippen LogP contribution in [-0.2, 0) is 11.3 Å². The van der Waals surface area contributed by atoms with E-state index in [0.29, 0.717) is 17.7 Å². The second-order valence-corrected chi connectivity index (χ2v) is 5.07. The second kappa shape index (κ2) is 6.87. The van der Waals surface area contributed by atoms with E-state index in [4.69, 9.17) is 11.5 Å². The maximum Gasteiger partial charge on any atom is 0.252 e. The average molecular weight is 297 g/mol. The Morgan fingerprint density at radius 3 is 2.27 bits per heavy atom. The number of carbonyl (C=O) groups is 2. The number of carbonyl (C=O) groups excluding carboxylic acids is 2. The zero-order chi connectivity index (χ0) is 16.1. The van der Waals surface area contributed by atoms with Gasteiger partial charge < -0.3 is 16.8 Å². The largest absolute Gasteiger partial charge is 0.368 e. The quantitative estimate of drug-likeness (QED) is 0.778. The number of amides is 2. The summed E-state index contributed by atoms with van der Waals surface area (Å²) < 4.78 is 0. The molecule has 0 aliphatic carbocycles. The first kappa shape index (κ1) is 15.7. The number of hydrogen-bond donors (Lipinski definition) is 3. The minimum atomic E-state index is -0.858. The Kier molecular flexibility index (Phi) is 4.91. The number of benzene rings is 2. The molecule has 0 fully saturated rings. The summed E-state index contributed by atoms with van der Waals surface area (Å²) in [6, 6.07) is 13.4. The smallest absolute Gasteiger partial charge is 0.252 e. The van der Waals surface area contributed by atoms with Crippen LogP contribution in [-0.4, -0.2) is 11.8 Å². The van der Waals surface area contributed by atoms with E-state index in [-0.39, 0.29) is 5.91 Å². The third-order valence-electron chi connectivity index (χ3n) is 3.51. The molecule has 0 saturated carbocycles. The van der Waals surface area contributed by atoms with Gasteiger partial charge in [-0.2, -0.15) is 0 Å². The molecular weight excluding hydrogens is 278 g/mol. The minimum Gasteiger partial charge on any atom is -0.368 e. The van der Waals surface area contributed by atoms with Gasteiger partial charge in [0.05, 0.1) is 0 Å². The molecule has 1 atom stereocenters. The zero-order valence-corrected chi connectivity index (χ0v) is 12.4. The maximum absolute atomic E-state index is 12.3. The molecule has 2 amide bonds. The molecule has 0 aliphatic heterocycles. The molecule has 5 N–H and O–H groups in total. The zero-order valence-electron chi connectivity index (χ0n) is 12.4. The Morgan fingerprint density at radius 1 is 1.09 bits per heavy atom. The normalized spacial score (nSPS) is 11.7. The summed E-state index contributed by atoms with van der Waals surface area (Å²) in [7, 11) is 0. The maximum atomic E-state index is 12.3. The van der Waals surface area contributed by atoms with Gasteiger partial charge in [0.25, 0.3) is 5.91 Å². The van der Waals surface area contributed by atoms with Crippen LogP contribution in [0.15, 0.2) is 48.5 Å². The van der Waals surface area contributed by atoms with Crippen LogP contribution in [0.2, 0.25) is 0 Å². The first-order valence-corrected chi connectivity index (χ1v) is 6.97. The van der Waals surface area contributed by atoms with Crippen molar-refractivity contribution in [2.45, 2.75) is 19.5 Å². The van der Waals surface area contributed by atoms with Gasteiger partial charge in [0.2, 0.25) is 5.91 Å². The van der Waals surface area contributed by atoms with Gasteiger partial charge in [-0.3, -0.25) is 9.59 Å². The molecule has 0 aromatic heterocycles. The van der Waals surface area contributed by atoms with Gasteiger partial charge in [-0.05, 0) is 35.7 Å². The van der Waals surface area contributed by atoms with E-state index < -0.39 is 11.9 Å². The third-order valence-corrected chi connectivity index (χ3v) is 3.51. The summed E-state index contributed by atoms with van der Waals surface area (Å²) in [5, 5.41) is 2.68. The molecule has 5 nitrogen and oxygen atoms in total. The van der Waals surface area contributed by atoms with Crippen molar-refractivity contribution in [1.82, 2.24) is 5.32 Å². The summed E-state index contributed by atoms with van der Waals surface area (Å²) in [5.41, 5.74) is 13.9. The highest BCUT2D eigenvalue weighted by Crippen LogP contribution is 2.18. The van der Waals surface area contributed by atoms with Crippen LogP contribution in [0.1, 0.15) is 33.1 Å². The lowest BCUT2D eigenvalue weighted by atomic mass is 10.0. The average Bonchev–Trinajstić information content (AvgIpc) is 2.53.